The Morgan fingerprint density at radius 1 is 1.16 bits per heavy atom. The molecule has 7 heteroatoms. The minimum Gasteiger partial charge on any atom is -0.497 e. The van der Waals surface area contributed by atoms with Crippen molar-refractivity contribution in [2.75, 3.05) is 20.2 Å². The molecule has 0 unspecified atom stereocenters. The van der Waals surface area contributed by atoms with Gasteiger partial charge in [0.2, 0.25) is 10.0 Å². The fourth-order valence-electron chi connectivity index (χ4n) is 2.38. The predicted molar refractivity (Wildman–Crippen MR) is 94.3 cm³/mol. The van der Waals surface area contributed by atoms with Gasteiger partial charge >= 0.3 is 5.97 Å². The van der Waals surface area contributed by atoms with E-state index in [1.807, 2.05) is 19.1 Å². The summed E-state index contributed by atoms with van der Waals surface area (Å²) in [4.78, 5) is 11.2. The molecule has 2 aromatic rings. The van der Waals surface area contributed by atoms with Gasteiger partial charge < -0.3 is 9.84 Å². The normalized spacial score (nSPS) is 11.5. The number of carbonyl (C=O) groups is 1. The Balaban J connectivity index is 2.22. The first-order chi connectivity index (χ1) is 11.8. The molecule has 25 heavy (non-hydrogen) atoms. The van der Waals surface area contributed by atoms with Crippen LogP contribution in [0.1, 0.15) is 11.1 Å². The summed E-state index contributed by atoms with van der Waals surface area (Å²) in [5, 5.41) is 9.09. The van der Waals surface area contributed by atoms with E-state index in [2.05, 4.69) is 0 Å². The maximum Gasteiger partial charge on any atom is 0.318 e. The van der Waals surface area contributed by atoms with Gasteiger partial charge in [-0.25, -0.2) is 8.42 Å². The first-order valence-corrected chi connectivity index (χ1v) is 9.18. The second-order valence-corrected chi connectivity index (χ2v) is 7.58. The van der Waals surface area contributed by atoms with Crippen molar-refractivity contribution in [2.24, 2.45) is 0 Å². The minimum absolute atomic E-state index is 0.0652. The van der Waals surface area contributed by atoms with Crippen molar-refractivity contribution in [1.29, 1.82) is 0 Å². The lowest BCUT2D eigenvalue weighted by molar-refractivity contribution is -0.137. The number of carboxylic acid groups (broad SMARTS) is 1. The molecular formula is C18H21NO5S. The Morgan fingerprint density at radius 2 is 1.84 bits per heavy atom. The van der Waals surface area contributed by atoms with E-state index >= 15 is 0 Å². The van der Waals surface area contributed by atoms with Gasteiger partial charge in [-0.15, -0.1) is 0 Å². The third-order valence-electron chi connectivity index (χ3n) is 3.75. The van der Waals surface area contributed by atoms with E-state index < -0.39 is 22.5 Å². The van der Waals surface area contributed by atoms with Crippen molar-refractivity contribution in [3.05, 3.63) is 59.7 Å². The van der Waals surface area contributed by atoms with Gasteiger partial charge in [0, 0.05) is 6.54 Å². The molecular weight excluding hydrogens is 342 g/mol. The van der Waals surface area contributed by atoms with Gasteiger partial charge in [-0.2, -0.15) is 4.31 Å². The topological polar surface area (TPSA) is 83.9 Å². The molecule has 2 aromatic carbocycles. The standard InChI is InChI=1S/C18H21NO5S/c1-14-6-8-17(9-7-14)25(22,23)19(13-18(20)21)11-10-15-4-3-5-16(12-15)24-2/h3-9,12H,10-11,13H2,1-2H3,(H,20,21). The number of ether oxygens (including phenoxy) is 1. The lowest BCUT2D eigenvalue weighted by atomic mass is 10.1. The van der Waals surface area contributed by atoms with Crippen LogP contribution in [-0.4, -0.2) is 44.0 Å². The molecule has 0 fully saturated rings. The van der Waals surface area contributed by atoms with Gasteiger partial charge in [0.25, 0.3) is 0 Å². The van der Waals surface area contributed by atoms with E-state index in [1.165, 1.54) is 12.1 Å². The van der Waals surface area contributed by atoms with Crippen LogP contribution in [0, 0.1) is 6.92 Å². The molecule has 0 heterocycles. The Morgan fingerprint density at radius 3 is 2.44 bits per heavy atom. The lowest BCUT2D eigenvalue weighted by Gasteiger charge is -2.20. The summed E-state index contributed by atoms with van der Waals surface area (Å²) in [5.41, 5.74) is 1.80. The number of hydrogen-bond donors (Lipinski definition) is 1. The zero-order chi connectivity index (χ0) is 18.4. The van der Waals surface area contributed by atoms with E-state index in [0.717, 1.165) is 15.4 Å². The molecule has 0 saturated carbocycles. The second-order valence-electron chi connectivity index (χ2n) is 5.65. The first kappa shape index (κ1) is 19.0. The summed E-state index contributed by atoms with van der Waals surface area (Å²) in [5.74, 6) is -0.523. The van der Waals surface area contributed by atoms with E-state index in [4.69, 9.17) is 9.84 Å². The summed E-state index contributed by atoms with van der Waals surface area (Å²) in [6.45, 7) is 1.34. The van der Waals surface area contributed by atoms with Crippen LogP contribution in [0.15, 0.2) is 53.4 Å². The number of nitrogens with zero attached hydrogens (tertiary/aromatic N) is 1. The van der Waals surface area contributed by atoms with Crippen LogP contribution in [-0.2, 0) is 21.2 Å². The van der Waals surface area contributed by atoms with Crippen LogP contribution in [0.25, 0.3) is 0 Å². The lowest BCUT2D eigenvalue weighted by Crippen LogP contribution is -2.37. The monoisotopic (exact) mass is 363 g/mol. The van der Waals surface area contributed by atoms with Crippen molar-refractivity contribution in [1.82, 2.24) is 4.31 Å². The zero-order valence-electron chi connectivity index (χ0n) is 14.2. The van der Waals surface area contributed by atoms with Crippen molar-refractivity contribution >= 4 is 16.0 Å². The van der Waals surface area contributed by atoms with Crippen LogP contribution in [0.3, 0.4) is 0 Å². The van der Waals surface area contributed by atoms with Gasteiger partial charge in [0.05, 0.1) is 12.0 Å². The highest BCUT2D eigenvalue weighted by Gasteiger charge is 2.26. The predicted octanol–water partition coefficient (Wildman–Crippen LogP) is 2.32. The maximum atomic E-state index is 12.8. The first-order valence-electron chi connectivity index (χ1n) is 7.74. The SMILES string of the molecule is COc1cccc(CCN(CC(=O)O)S(=O)(=O)c2ccc(C)cc2)c1. The van der Waals surface area contributed by atoms with Gasteiger partial charge in [0.1, 0.15) is 12.3 Å². The zero-order valence-corrected chi connectivity index (χ0v) is 15.0. The highest BCUT2D eigenvalue weighted by atomic mass is 32.2. The Labute approximate surface area is 147 Å². The molecule has 6 nitrogen and oxygen atoms in total. The summed E-state index contributed by atoms with van der Waals surface area (Å²) >= 11 is 0. The molecule has 0 aliphatic carbocycles. The number of aliphatic carboxylic acids is 1. The van der Waals surface area contributed by atoms with Crippen molar-refractivity contribution in [3.63, 3.8) is 0 Å². The minimum atomic E-state index is -3.88. The average molecular weight is 363 g/mol. The maximum absolute atomic E-state index is 12.8. The Hall–Kier alpha value is -2.38. The third-order valence-corrected chi connectivity index (χ3v) is 5.61. The van der Waals surface area contributed by atoms with Gasteiger partial charge in [-0.1, -0.05) is 29.8 Å². The van der Waals surface area contributed by atoms with Gasteiger partial charge in [-0.05, 0) is 43.2 Å². The van der Waals surface area contributed by atoms with Crippen molar-refractivity contribution in [3.8, 4) is 5.75 Å². The number of carboxylic acids is 1. The number of aryl methyl sites for hydroxylation is 1. The van der Waals surface area contributed by atoms with Crippen LogP contribution in [0.5, 0.6) is 5.75 Å². The van der Waals surface area contributed by atoms with Crippen molar-refractivity contribution in [2.45, 2.75) is 18.2 Å². The smallest absolute Gasteiger partial charge is 0.318 e. The number of methoxy groups -OCH3 is 1. The number of sulfonamides is 1. The molecule has 1 N–H and O–H groups in total. The fourth-order valence-corrected chi connectivity index (χ4v) is 3.77. The molecule has 134 valence electrons. The molecule has 0 aromatic heterocycles. The summed E-state index contributed by atoms with van der Waals surface area (Å²) < 4.78 is 31.7. The van der Waals surface area contributed by atoms with Crippen LogP contribution >= 0.6 is 0 Å². The highest BCUT2D eigenvalue weighted by molar-refractivity contribution is 7.89. The highest BCUT2D eigenvalue weighted by Crippen LogP contribution is 2.18. The molecule has 0 atom stereocenters. The summed E-state index contributed by atoms with van der Waals surface area (Å²) in [7, 11) is -2.32. The number of rotatable bonds is 8. The molecule has 2 rings (SSSR count). The number of benzene rings is 2. The molecule has 0 aliphatic heterocycles. The Bertz CT molecular complexity index is 831. The average Bonchev–Trinajstić information content (AvgIpc) is 2.58. The third kappa shape index (κ3) is 5.04. The molecule has 0 aliphatic rings. The van der Waals surface area contributed by atoms with E-state index in [1.54, 1.807) is 31.4 Å². The summed E-state index contributed by atoms with van der Waals surface area (Å²) in [6.07, 6.45) is 0.384. The molecule has 0 bridgehead atoms. The Kier molecular flexibility index (Phi) is 6.17. The molecule has 0 spiro atoms. The number of hydrogen-bond acceptors (Lipinski definition) is 4. The second kappa shape index (κ2) is 8.13. The van der Waals surface area contributed by atoms with E-state index in [-0.39, 0.29) is 11.4 Å². The quantitative estimate of drug-likeness (QED) is 0.778. The molecule has 0 radical (unpaired) electrons. The largest absolute Gasteiger partial charge is 0.497 e. The molecule has 0 saturated heterocycles. The van der Waals surface area contributed by atoms with Crippen LogP contribution in [0.4, 0.5) is 0 Å². The van der Waals surface area contributed by atoms with Gasteiger partial charge in [0.15, 0.2) is 0 Å². The van der Waals surface area contributed by atoms with Crippen molar-refractivity contribution < 1.29 is 23.1 Å². The van der Waals surface area contributed by atoms with E-state index in [9.17, 15) is 13.2 Å². The summed E-state index contributed by atoms with van der Waals surface area (Å²) in [6, 6.07) is 13.6. The molecule has 0 amide bonds. The van der Waals surface area contributed by atoms with Crippen LogP contribution < -0.4 is 4.74 Å². The fraction of sp³-hybridized carbons (Fsp3) is 0.278. The van der Waals surface area contributed by atoms with Crippen LogP contribution in [0.2, 0.25) is 0 Å². The van der Waals surface area contributed by atoms with Gasteiger partial charge in [-0.3, -0.25) is 4.79 Å². The van der Waals surface area contributed by atoms with E-state index in [0.29, 0.717) is 12.2 Å².